The normalized spacial score (nSPS) is 29.3. The quantitative estimate of drug-likeness (QED) is 0.758. The number of likely N-dealkylation sites (tertiary alicyclic amines) is 1. The minimum atomic E-state index is 0.0848. The van der Waals surface area contributed by atoms with Gasteiger partial charge in [-0.05, 0) is 24.7 Å². The molecule has 5 heteroatoms. The maximum atomic E-state index is 12.3. The van der Waals surface area contributed by atoms with Gasteiger partial charge in [-0.1, -0.05) is 19.8 Å². The SMILES string of the molecule is COCCOCCNC(=O)N1C[C@H](C)[C@@H]2CCCC[C@@H]21. The van der Waals surface area contributed by atoms with Gasteiger partial charge in [-0.3, -0.25) is 0 Å². The molecule has 1 saturated heterocycles. The number of carbonyl (C=O) groups excluding carboxylic acids is 1. The van der Waals surface area contributed by atoms with Gasteiger partial charge in [0.15, 0.2) is 0 Å². The van der Waals surface area contributed by atoms with Gasteiger partial charge >= 0.3 is 6.03 Å². The fourth-order valence-corrected chi connectivity index (χ4v) is 3.58. The molecule has 0 aromatic carbocycles. The van der Waals surface area contributed by atoms with Crippen LogP contribution in [0.5, 0.6) is 0 Å². The van der Waals surface area contributed by atoms with Gasteiger partial charge in [0.2, 0.25) is 0 Å². The highest BCUT2D eigenvalue weighted by molar-refractivity contribution is 5.75. The first-order chi connectivity index (χ1) is 9.74. The third-order valence-corrected chi connectivity index (χ3v) is 4.61. The third kappa shape index (κ3) is 3.85. The number of hydrogen-bond acceptors (Lipinski definition) is 3. The van der Waals surface area contributed by atoms with Crippen molar-refractivity contribution in [3.63, 3.8) is 0 Å². The highest BCUT2D eigenvalue weighted by atomic mass is 16.5. The molecule has 1 aliphatic carbocycles. The summed E-state index contributed by atoms with van der Waals surface area (Å²) in [6, 6.07) is 0.551. The van der Waals surface area contributed by atoms with Crippen LogP contribution < -0.4 is 5.32 Å². The lowest BCUT2D eigenvalue weighted by Crippen LogP contribution is -2.45. The Labute approximate surface area is 122 Å². The van der Waals surface area contributed by atoms with Crippen LogP contribution in [0, 0.1) is 11.8 Å². The molecule has 0 aromatic rings. The van der Waals surface area contributed by atoms with Gasteiger partial charge in [-0.25, -0.2) is 4.79 Å². The van der Waals surface area contributed by atoms with Gasteiger partial charge in [0.1, 0.15) is 0 Å². The van der Waals surface area contributed by atoms with Crippen molar-refractivity contribution in [1.82, 2.24) is 10.2 Å². The molecule has 1 saturated carbocycles. The van der Waals surface area contributed by atoms with Crippen LogP contribution in [0.3, 0.4) is 0 Å². The summed E-state index contributed by atoms with van der Waals surface area (Å²) < 4.78 is 10.3. The zero-order valence-corrected chi connectivity index (χ0v) is 12.8. The molecule has 0 radical (unpaired) electrons. The molecule has 0 aromatic heterocycles. The Morgan fingerprint density at radius 1 is 1.25 bits per heavy atom. The van der Waals surface area contributed by atoms with E-state index in [0.717, 1.165) is 6.54 Å². The van der Waals surface area contributed by atoms with Gasteiger partial charge < -0.3 is 19.7 Å². The first-order valence-electron chi connectivity index (χ1n) is 7.85. The van der Waals surface area contributed by atoms with Crippen molar-refractivity contribution in [2.24, 2.45) is 11.8 Å². The van der Waals surface area contributed by atoms with Crippen LogP contribution >= 0.6 is 0 Å². The molecule has 3 atom stereocenters. The van der Waals surface area contributed by atoms with Crippen LogP contribution in [0.25, 0.3) is 0 Å². The molecule has 1 aliphatic heterocycles. The van der Waals surface area contributed by atoms with E-state index in [4.69, 9.17) is 9.47 Å². The van der Waals surface area contributed by atoms with Gasteiger partial charge in [0.25, 0.3) is 0 Å². The number of amides is 2. The van der Waals surface area contributed by atoms with E-state index < -0.39 is 0 Å². The number of urea groups is 1. The van der Waals surface area contributed by atoms with Crippen LogP contribution in [-0.2, 0) is 9.47 Å². The number of nitrogens with zero attached hydrogens (tertiary/aromatic N) is 1. The highest BCUT2D eigenvalue weighted by Crippen LogP contribution is 2.39. The second-order valence-electron chi connectivity index (χ2n) is 5.98. The Hall–Kier alpha value is -0.810. The van der Waals surface area contributed by atoms with Crippen molar-refractivity contribution in [3.8, 4) is 0 Å². The minimum absolute atomic E-state index is 0.0848. The molecule has 0 spiro atoms. The number of rotatable bonds is 6. The van der Waals surface area contributed by atoms with Crippen molar-refractivity contribution < 1.29 is 14.3 Å². The Morgan fingerprint density at radius 2 is 2.05 bits per heavy atom. The molecule has 1 heterocycles. The van der Waals surface area contributed by atoms with Crippen LogP contribution in [0.15, 0.2) is 0 Å². The van der Waals surface area contributed by atoms with Crippen molar-refractivity contribution in [3.05, 3.63) is 0 Å². The van der Waals surface area contributed by atoms with Crippen LogP contribution in [0.1, 0.15) is 32.6 Å². The molecular formula is C15H28N2O3. The lowest BCUT2D eigenvalue weighted by molar-refractivity contribution is 0.0718. The van der Waals surface area contributed by atoms with Crippen molar-refractivity contribution >= 4 is 6.03 Å². The van der Waals surface area contributed by atoms with Crippen LogP contribution in [-0.4, -0.2) is 57.0 Å². The Bertz CT molecular complexity index is 311. The number of ether oxygens (including phenoxy) is 2. The maximum absolute atomic E-state index is 12.3. The number of methoxy groups -OCH3 is 1. The summed E-state index contributed by atoms with van der Waals surface area (Å²) in [6.07, 6.45) is 5.05. The summed E-state index contributed by atoms with van der Waals surface area (Å²) in [5.74, 6) is 1.36. The van der Waals surface area contributed by atoms with E-state index in [1.807, 2.05) is 0 Å². The van der Waals surface area contributed by atoms with E-state index in [9.17, 15) is 4.79 Å². The molecule has 20 heavy (non-hydrogen) atoms. The van der Waals surface area contributed by atoms with Crippen molar-refractivity contribution in [1.29, 1.82) is 0 Å². The van der Waals surface area contributed by atoms with Gasteiger partial charge in [-0.2, -0.15) is 0 Å². The number of fused-ring (bicyclic) bond motifs is 1. The number of carbonyl (C=O) groups is 1. The zero-order valence-electron chi connectivity index (χ0n) is 12.8. The largest absolute Gasteiger partial charge is 0.382 e. The van der Waals surface area contributed by atoms with E-state index in [0.29, 0.717) is 44.2 Å². The predicted molar refractivity (Wildman–Crippen MR) is 77.7 cm³/mol. The molecule has 116 valence electrons. The average Bonchev–Trinajstić information content (AvgIpc) is 2.80. The van der Waals surface area contributed by atoms with Crippen molar-refractivity contribution in [2.45, 2.75) is 38.6 Å². The van der Waals surface area contributed by atoms with E-state index >= 15 is 0 Å². The minimum Gasteiger partial charge on any atom is -0.382 e. The molecular weight excluding hydrogens is 256 g/mol. The highest BCUT2D eigenvalue weighted by Gasteiger charge is 2.42. The second-order valence-corrected chi connectivity index (χ2v) is 5.98. The lowest BCUT2D eigenvalue weighted by atomic mass is 9.80. The summed E-state index contributed by atoms with van der Waals surface area (Å²) in [7, 11) is 1.65. The van der Waals surface area contributed by atoms with E-state index in [1.54, 1.807) is 7.11 Å². The van der Waals surface area contributed by atoms with Crippen molar-refractivity contribution in [2.75, 3.05) is 40.0 Å². The fraction of sp³-hybridized carbons (Fsp3) is 0.933. The zero-order chi connectivity index (χ0) is 14.4. The first-order valence-corrected chi connectivity index (χ1v) is 7.85. The van der Waals surface area contributed by atoms with Crippen LogP contribution in [0.4, 0.5) is 4.79 Å². The van der Waals surface area contributed by atoms with Gasteiger partial charge in [0.05, 0.1) is 19.8 Å². The smallest absolute Gasteiger partial charge is 0.317 e. The first kappa shape index (κ1) is 15.6. The summed E-state index contributed by atoms with van der Waals surface area (Å²) >= 11 is 0. The Balaban J connectivity index is 1.69. The molecule has 2 amide bonds. The summed E-state index contributed by atoms with van der Waals surface area (Å²) in [6.45, 7) is 5.49. The Kier molecular flexibility index (Phi) is 6.10. The maximum Gasteiger partial charge on any atom is 0.317 e. The third-order valence-electron chi connectivity index (χ3n) is 4.61. The van der Waals surface area contributed by atoms with Gasteiger partial charge in [0, 0.05) is 26.2 Å². The second kappa shape index (κ2) is 7.84. The monoisotopic (exact) mass is 284 g/mol. The molecule has 1 N–H and O–H groups in total. The topological polar surface area (TPSA) is 50.8 Å². The molecule has 2 rings (SSSR count). The lowest BCUT2D eigenvalue weighted by Gasteiger charge is -2.32. The summed E-state index contributed by atoms with van der Waals surface area (Å²) in [5.41, 5.74) is 0. The fourth-order valence-electron chi connectivity index (χ4n) is 3.58. The molecule has 0 unspecified atom stereocenters. The summed E-state index contributed by atoms with van der Waals surface area (Å²) in [5, 5.41) is 2.98. The van der Waals surface area contributed by atoms with E-state index in [2.05, 4.69) is 17.1 Å². The standard InChI is InChI=1S/C15H28N2O3/c1-12-11-17(14-6-4-3-5-13(12)14)15(18)16-7-8-20-10-9-19-2/h12-14H,3-11H2,1-2H3,(H,16,18)/t12-,13-,14-/m0/s1. The molecule has 0 bridgehead atoms. The molecule has 2 aliphatic rings. The molecule has 2 fully saturated rings. The molecule has 5 nitrogen and oxygen atoms in total. The van der Waals surface area contributed by atoms with Crippen LogP contribution in [0.2, 0.25) is 0 Å². The number of hydrogen-bond donors (Lipinski definition) is 1. The van der Waals surface area contributed by atoms with Gasteiger partial charge in [-0.15, -0.1) is 0 Å². The number of nitrogens with one attached hydrogen (secondary N) is 1. The van der Waals surface area contributed by atoms with E-state index in [1.165, 1.54) is 25.7 Å². The summed E-state index contributed by atoms with van der Waals surface area (Å²) in [4.78, 5) is 14.3. The average molecular weight is 284 g/mol. The predicted octanol–water partition coefficient (Wildman–Crippen LogP) is 1.87. The van der Waals surface area contributed by atoms with E-state index in [-0.39, 0.29) is 6.03 Å². The Morgan fingerprint density at radius 3 is 2.85 bits per heavy atom.